The quantitative estimate of drug-likeness (QED) is 0.153. The van der Waals surface area contributed by atoms with Crippen LogP contribution in [0.4, 0.5) is 0 Å². The molecule has 0 radical (unpaired) electrons. The Bertz CT molecular complexity index is 609. The summed E-state index contributed by atoms with van der Waals surface area (Å²) in [6.07, 6.45) is 41.4. The van der Waals surface area contributed by atoms with Gasteiger partial charge in [0.05, 0.1) is 0 Å². The van der Waals surface area contributed by atoms with Crippen LogP contribution in [0.5, 0.6) is 0 Å². The van der Waals surface area contributed by atoms with Crippen LogP contribution in [0.15, 0.2) is 12.7 Å². The lowest BCUT2D eigenvalue weighted by Gasteiger charge is -2.38. The SMILES string of the molecule is C=CCCCC1CCC(C2CCC(CCC)CC2)CC1.CCCC1CCC(C2CCC(CCCCCO)CC2)CC1. The molecule has 4 rings (SSSR count). The molecule has 0 aromatic rings. The van der Waals surface area contributed by atoms with Crippen molar-refractivity contribution in [1.82, 2.24) is 0 Å². The minimum Gasteiger partial charge on any atom is -0.396 e. The number of rotatable bonds is 15. The molecule has 4 aliphatic carbocycles. The monoisotopic (exact) mass is 571 g/mol. The first-order chi connectivity index (χ1) is 20.2. The zero-order chi connectivity index (χ0) is 29.1. The summed E-state index contributed by atoms with van der Waals surface area (Å²) in [5.41, 5.74) is 0. The van der Waals surface area contributed by atoms with E-state index in [1.54, 1.807) is 25.7 Å². The second-order valence-corrected chi connectivity index (χ2v) is 15.5. The Hall–Kier alpha value is -0.300. The first-order valence-electron chi connectivity index (χ1n) is 19.4. The van der Waals surface area contributed by atoms with Gasteiger partial charge in [-0.15, -0.1) is 6.58 Å². The van der Waals surface area contributed by atoms with Crippen LogP contribution in [0.25, 0.3) is 0 Å². The van der Waals surface area contributed by atoms with Crippen LogP contribution >= 0.6 is 0 Å². The van der Waals surface area contributed by atoms with Crippen LogP contribution in [0.3, 0.4) is 0 Å². The number of hydrogen-bond donors (Lipinski definition) is 1. The van der Waals surface area contributed by atoms with E-state index in [9.17, 15) is 0 Å². The minimum atomic E-state index is 0.382. The summed E-state index contributed by atoms with van der Waals surface area (Å²) in [7, 11) is 0. The highest BCUT2D eigenvalue weighted by Crippen LogP contribution is 2.44. The highest BCUT2D eigenvalue weighted by Gasteiger charge is 2.31. The fourth-order valence-electron chi connectivity index (χ4n) is 9.88. The van der Waals surface area contributed by atoms with Gasteiger partial charge in [-0.1, -0.05) is 123 Å². The van der Waals surface area contributed by atoms with E-state index in [2.05, 4.69) is 26.5 Å². The van der Waals surface area contributed by atoms with E-state index in [1.807, 2.05) is 0 Å². The molecule has 0 aromatic heterocycles. The van der Waals surface area contributed by atoms with E-state index in [1.165, 1.54) is 141 Å². The van der Waals surface area contributed by atoms with Crippen molar-refractivity contribution in [3.63, 3.8) is 0 Å². The van der Waals surface area contributed by atoms with Gasteiger partial charge in [-0.2, -0.15) is 0 Å². The normalized spacial score (nSPS) is 34.4. The second-order valence-electron chi connectivity index (χ2n) is 15.5. The van der Waals surface area contributed by atoms with Gasteiger partial charge in [-0.05, 0) is 118 Å². The molecule has 0 heterocycles. The zero-order valence-corrected chi connectivity index (χ0v) is 28.1. The van der Waals surface area contributed by atoms with Crippen LogP contribution in [-0.2, 0) is 0 Å². The van der Waals surface area contributed by atoms with Gasteiger partial charge in [0.1, 0.15) is 0 Å². The molecular weight excluding hydrogens is 496 g/mol. The van der Waals surface area contributed by atoms with E-state index in [0.717, 1.165) is 53.8 Å². The van der Waals surface area contributed by atoms with Gasteiger partial charge in [0.2, 0.25) is 0 Å². The molecule has 1 nitrogen and oxygen atoms in total. The number of aliphatic hydroxyl groups excluding tert-OH is 1. The molecule has 1 heteroatoms. The fraction of sp³-hybridized carbons (Fsp3) is 0.950. The summed E-state index contributed by atoms with van der Waals surface area (Å²) in [6, 6.07) is 0. The third-order valence-electron chi connectivity index (χ3n) is 12.6. The summed E-state index contributed by atoms with van der Waals surface area (Å²) < 4.78 is 0. The minimum absolute atomic E-state index is 0.382. The molecule has 0 bridgehead atoms. The van der Waals surface area contributed by atoms with E-state index in [4.69, 9.17) is 5.11 Å². The summed E-state index contributed by atoms with van der Waals surface area (Å²) >= 11 is 0. The van der Waals surface area contributed by atoms with Crippen molar-refractivity contribution in [2.75, 3.05) is 6.61 Å². The molecule has 0 amide bonds. The predicted octanol–water partition coefficient (Wildman–Crippen LogP) is 12.7. The Kier molecular flexibility index (Phi) is 18.4. The van der Waals surface area contributed by atoms with E-state index >= 15 is 0 Å². The van der Waals surface area contributed by atoms with Crippen molar-refractivity contribution in [1.29, 1.82) is 0 Å². The van der Waals surface area contributed by atoms with Gasteiger partial charge < -0.3 is 5.11 Å². The van der Waals surface area contributed by atoms with Crippen LogP contribution in [0.1, 0.15) is 187 Å². The second kappa shape index (κ2) is 21.4. The summed E-state index contributed by atoms with van der Waals surface area (Å²) in [6.45, 7) is 8.91. The average molecular weight is 571 g/mol. The topological polar surface area (TPSA) is 20.2 Å². The van der Waals surface area contributed by atoms with Crippen LogP contribution in [-0.4, -0.2) is 11.7 Å². The molecule has 0 aliphatic heterocycles. The third-order valence-corrected chi connectivity index (χ3v) is 12.6. The van der Waals surface area contributed by atoms with Crippen molar-refractivity contribution in [3.05, 3.63) is 12.7 Å². The molecule has 4 fully saturated rings. The summed E-state index contributed by atoms with van der Waals surface area (Å²) in [4.78, 5) is 0. The van der Waals surface area contributed by atoms with Crippen molar-refractivity contribution < 1.29 is 5.11 Å². The highest BCUT2D eigenvalue weighted by atomic mass is 16.2. The van der Waals surface area contributed by atoms with Gasteiger partial charge in [0.15, 0.2) is 0 Å². The van der Waals surface area contributed by atoms with Crippen molar-refractivity contribution in [2.24, 2.45) is 47.3 Å². The Morgan fingerprint density at radius 2 is 0.805 bits per heavy atom. The Morgan fingerprint density at radius 1 is 0.463 bits per heavy atom. The number of hydrogen-bond acceptors (Lipinski definition) is 1. The molecule has 0 spiro atoms. The zero-order valence-electron chi connectivity index (χ0n) is 28.1. The number of aliphatic hydroxyl groups is 1. The molecule has 240 valence electrons. The molecule has 0 atom stereocenters. The molecule has 4 aliphatic rings. The van der Waals surface area contributed by atoms with Crippen LogP contribution < -0.4 is 0 Å². The lowest BCUT2D eigenvalue weighted by molar-refractivity contribution is 0.140. The molecule has 41 heavy (non-hydrogen) atoms. The average Bonchev–Trinajstić information content (AvgIpc) is 3.02. The first kappa shape index (κ1) is 35.2. The lowest BCUT2D eigenvalue weighted by Crippen LogP contribution is -2.25. The van der Waals surface area contributed by atoms with Gasteiger partial charge in [-0.25, -0.2) is 0 Å². The molecule has 0 unspecified atom stereocenters. The van der Waals surface area contributed by atoms with E-state index < -0.39 is 0 Å². The molecular formula is C40H74O. The molecule has 0 aromatic carbocycles. The number of unbranched alkanes of at least 4 members (excludes halogenated alkanes) is 3. The number of allylic oxidation sites excluding steroid dienone is 1. The van der Waals surface area contributed by atoms with Crippen LogP contribution in [0.2, 0.25) is 0 Å². The summed E-state index contributed by atoms with van der Waals surface area (Å²) in [5.74, 6) is 8.53. The fourth-order valence-corrected chi connectivity index (χ4v) is 9.88. The molecule has 1 N–H and O–H groups in total. The highest BCUT2D eigenvalue weighted by molar-refractivity contribution is 4.83. The largest absolute Gasteiger partial charge is 0.396 e. The van der Waals surface area contributed by atoms with Gasteiger partial charge >= 0.3 is 0 Å². The van der Waals surface area contributed by atoms with Gasteiger partial charge in [-0.3, -0.25) is 0 Å². The van der Waals surface area contributed by atoms with Gasteiger partial charge in [0, 0.05) is 6.61 Å². The molecule has 0 saturated heterocycles. The van der Waals surface area contributed by atoms with Gasteiger partial charge in [0.25, 0.3) is 0 Å². The Morgan fingerprint density at radius 3 is 1.12 bits per heavy atom. The standard InChI is InChI=1S/C20H38O.C20H36/c1-2-6-17-8-12-19(13-9-17)20-14-10-18(11-15-20)7-4-3-5-16-21;1-3-5-6-8-18-11-15-20(16-12-18)19-13-9-17(7-4-2)10-14-19/h17-21H,2-16H2,1H3;3,17-20H,1,4-16H2,2H3. The predicted molar refractivity (Wildman–Crippen MR) is 181 cm³/mol. The summed E-state index contributed by atoms with van der Waals surface area (Å²) in [5, 5.41) is 8.83. The maximum atomic E-state index is 8.83. The van der Waals surface area contributed by atoms with Crippen molar-refractivity contribution in [3.8, 4) is 0 Å². The van der Waals surface area contributed by atoms with Crippen molar-refractivity contribution in [2.45, 2.75) is 187 Å². The van der Waals surface area contributed by atoms with E-state index in [0.29, 0.717) is 6.61 Å². The first-order valence-corrected chi connectivity index (χ1v) is 19.4. The smallest absolute Gasteiger partial charge is 0.0431 e. The van der Waals surface area contributed by atoms with Crippen molar-refractivity contribution >= 4 is 0 Å². The van der Waals surface area contributed by atoms with E-state index in [-0.39, 0.29) is 0 Å². The maximum absolute atomic E-state index is 8.83. The maximum Gasteiger partial charge on any atom is 0.0431 e. The third kappa shape index (κ3) is 13.5. The molecule has 4 saturated carbocycles. The van der Waals surface area contributed by atoms with Crippen LogP contribution in [0, 0.1) is 47.3 Å². The lowest BCUT2D eigenvalue weighted by atomic mass is 9.68. The Balaban J connectivity index is 0.000000226. The Labute approximate surface area is 258 Å².